The van der Waals surface area contributed by atoms with Crippen molar-refractivity contribution in [1.29, 1.82) is 0 Å². The fourth-order valence-electron chi connectivity index (χ4n) is 3.21. The lowest BCUT2D eigenvalue weighted by Gasteiger charge is -2.26. The van der Waals surface area contributed by atoms with E-state index in [1.807, 2.05) is 6.92 Å². The monoisotopic (exact) mass is 496 g/mol. The number of nitrogens with one attached hydrogen (secondary N) is 1. The molecule has 1 saturated heterocycles. The van der Waals surface area contributed by atoms with Gasteiger partial charge in [0.05, 0.1) is 5.69 Å². The van der Waals surface area contributed by atoms with Crippen LogP contribution in [0.5, 0.6) is 5.75 Å². The van der Waals surface area contributed by atoms with Crippen molar-refractivity contribution in [3.05, 3.63) is 94.5 Å². The first kappa shape index (κ1) is 23.2. The average Bonchev–Trinajstić information content (AvgIpc) is 2.78. The molecule has 0 radical (unpaired) electrons. The largest absolute Gasteiger partial charge is 0.378 e. The van der Waals surface area contributed by atoms with Crippen molar-refractivity contribution in [2.75, 3.05) is 4.90 Å². The molecule has 1 aliphatic rings. The first-order chi connectivity index (χ1) is 16.2. The molecule has 0 saturated carbocycles. The van der Waals surface area contributed by atoms with Gasteiger partial charge in [-0.15, -0.1) is 0 Å². The van der Waals surface area contributed by atoms with Crippen LogP contribution in [0.1, 0.15) is 11.1 Å². The van der Waals surface area contributed by atoms with Gasteiger partial charge in [-0.3, -0.25) is 14.9 Å². The van der Waals surface area contributed by atoms with E-state index in [9.17, 15) is 22.8 Å². The summed E-state index contributed by atoms with van der Waals surface area (Å²) in [5.41, 5.74) is 0.810. The predicted octanol–water partition coefficient (Wildman–Crippen LogP) is 4.08. The lowest BCUT2D eigenvalue weighted by Crippen LogP contribution is -2.54. The SMILES string of the molecule is Cc1ccc(S(=O)(=O)Oc2ccccc2/C=C2\C(=O)NC(=O)N(c3cccc(Cl)c3)C2=O)cc1. The molecule has 4 amide bonds. The zero-order valence-electron chi connectivity index (χ0n) is 17.7. The second-order valence-corrected chi connectivity index (χ2v) is 9.31. The maximum absolute atomic E-state index is 13.1. The molecule has 0 unspecified atom stereocenters. The molecule has 3 aromatic rings. The first-order valence-corrected chi connectivity index (χ1v) is 11.7. The van der Waals surface area contributed by atoms with E-state index in [-0.39, 0.29) is 27.5 Å². The summed E-state index contributed by atoms with van der Waals surface area (Å²) in [6.45, 7) is 1.82. The van der Waals surface area contributed by atoms with Gasteiger partial charge < -0.3 is 4.18 Å². The summed E-state index contributed by atoms with van der Waals surface area (Å²) in [7, 11) is -4.18. The molecule has 1 fully saturated rings. The maximum atomic E-state index is 13.1. The van der Waals surface area contributed by atoms with Crippen molar-refractivity contribution in [3.8, 4) is 5.75 Å². The molecule has 0 aromatic heterocycles. The third-order valence-corrected chi connectivity index (χ3v) is 6.38. The highest BCUT2D eigenvalue weighted by Gasteiger charge is 2.37. The Kier molecular flexibility index (Phi) is 6.23. The van der Waals surface area contributed by atoms with Crippen LogP contribution in [0.2, 0.25) is 5.02 Å². The van der Waals surface area contributed by atoms with Crippen LogP contribution in [-0.2, 0) is 19.7 Å². The van der Waals surface area contributed by atoms with E-state index in [1.165, 1.54) is 42.5 Å². The van der Waals surface area contributed by atoms with Crippen LogP contribution >= 0.6 is 11.6 Å². The quantitative estimate of drug-likeness (QED) is 0.324. The Bertz CT molecular complexity index is 1450. The molecule has 0 bridgehead atoms. The number of halogens is 1. The van der Waals surface area contributed by atoms with Crippen LogP contribution in [0.15, 0.2) is 83.3 Å². The molecule has 1 aliphatic heterocycles. The van der Waals surface area contributed by atoms with E-state index in [0.29, 0.717) is 5.02 Å². The fourth-order valence-corrected chi connectivity index (χ4v) is 4.35. The van der Waals surface area contributed by atoms with Crippen molar-refractivity contribution in [1.82, 2.24) is 5.32 Å². The van der Waals surface area contributed by atoms with E-state index in [1.54, 1.807) is 36.4 Å². The van der Waals surface area contributed by atoms with E-state index >= 15 is 0 Å². The molecule has 1 heterocycles. The van der Waals surface area contributed by atoms with Gasteiger partial charge in [0.1, 0.15) is 16.2 Å². The standard InChI is InChI=1S/C24H17ClN2O6S/c1-15-9-11-19(12-10-15)34(31,32)33-21-8-3-2-5-16(21)13-20-22(28)26-24(30)27(23(20)29)18-7-4-6-17(25)14-18/h2-14H,1H3,(H,26,28,30)/b20-13+. The second-order valence-electron chi connectivity index (χ2n) is 7.33. The number of hydrogen-bond acceptors (Lipinski definition) is 6. The Morgan fingerprint density at radius 1 is 0.941 bits per heavy atom. The van der Waals surface area contributed by atoms with E-state index in [2.05, 4.69) is 5.32 Å². The number of amides is 4. The zero-order chi connectivity index (χ0) is 24.5. The highest BCUT2D eigenvalue weighted by Crippen LogP contribution is 2.28. The molecule has 0 atom stereocenters. The zero-order valence-corrected chi connectivity index (χ0v) is 19.3. The molecule has 4 rings (SSSR count). The molecular weight excluding hydrogens is 480 g/mol. The number of aryl methyl sites for hydroxylation is 1. The van der Waals surface area contributed by atoms with Crippen LogP contribution in [-0.4, -0.2) is 26.3 Å². The lowest BCUT2D eigenvalue weighted by molar-refractivity contribution is -0.122. The predicted molar refractivity (Wildman–Crippen MR) is 126 cm³/mol. The number of rotatable bonds is 5. The third-order valence-electron chi connectivity index (χ3n) is 4.90. The summed E-state index contributed by atoms with van der Waals surface area (Å²) in [6.07, 6.45) is 1.17. The topological polar surface area (TPSA) is 110 Å². The first-order valence-electron chi connectivity index (χ1n) is 9.93. The number of benzene rings is 3. The molecule has 10 heteroatoms. The Morgan fingerprint density at radius 3 is 2.35 bits per heavy atom. The van der Waals surface area contributed by atoms with Gasteiger partial charge in [0.15, 0.2) is 0 Å². The van der Waals surface area contributed by atoms with Crippen molar-refractivity contribution in [3.63, 3.8) is 0 Å². The van der Waals surface area contributed by atoms with Gasteiger partial charge in [-0.05, 0) is 49.4 Å². The number of barbiturate groups is 1. The average molecular weight is 497 g/mol. The molecule has 1 N–H and O–H groups in total. The lowest BCUT2D eigenvalue weighted by atomic mass is 10.1. The van der Waals surface area contributed by atoms with Crippen molar-refractivity contribution in [2.45, 2.75) is 11.8 Å². The van der Waals surface area contributed by atoms with Gasteiger partial charge in [0.25, 0.3) is 11.8 Å². The number of carbonyl (C=O) groups excluding carboxylic acids is 3. The third kappa shape index (κ3) is 4.70. The number of para-hydroxylation sites is 1. The van der Waals surface area contributed by atoms with Gasteiger partial charge >= 0.3 is 16.1 Å². The summed E-state index contributed by atoms with van der Waals surface area (Å²) < 4.78 is 30.8. The number of imide groups is 2. The minimum absolute atomic E-state index is 0.0511. The van der Waals surface area contributed by atoms with Gasteiger partial charge in [-0.1, -0.05) is 53.6 Å². The summed E-state index contributed by atoms with van der Waals surface area (Å²) in [5.74, 6) is -1.92. The Labute approximate surface area is 200 Å². The number of hydrogen-bond donors (Lipinski definition) is 1. The summed E-state index contributed by atoms with van der Waals surface area (Å²) in [6, 6.07) is 17.2. The maximum Gasteiger partial charge on any atom is 0.339 e. The Balaban J connectivity index is 1.71. The molecule has 34 heavy (non-hydrogen) atoms. The van der Waals surface area contributed by atoms with E-state index in [0.717, 1.165) is 10.5 Å². The van der Waals surface area contributed by atoms with Gasteiger partial charge in [-0.25, -0.2) is 9.69 Å². The molecular formula is C24H17ClN2O6S. The van der Waals surface area contributed by atoms with E-state index in [4.69, 9.17) is 15.8 Å². The Morgan fingerprint density at radius 2 is 1.65 bits per heavy atom. The second kappa shape index (κ2) is 9.12. The number of anilines is 1. The molecule has 8 nitrogen and oxygen atoms in total. The molecule has 172 valence electrons. The highest BCUT2D eigenvalue weighted by atomic mass is 35.5. The normalized spacial score (nSPS) is 15.4. The smallest absolute Gasteiger partial charge is 0.339 e. The minimum Gasteiger partial charge on any atom is -0.378 e. The Hall–Kier alpha value is -3.95. The van der Waals surface area contributed by atoms with Crippen molar-refractivity contribution in [2.24, 2.45) is 0 Å². The van der Waals surface area contributed by atoms with Crippen LogP contribution in [0.4, 0.5) is 10.5 Å². The number of carbonyl (C=O) groups is 3. The molecule has 3 aromatic carbocycles. The highest BCUT2D eigenvalue weighted by molar-refractivity contribution is 7.87. The van der Waals surface area contributed by atoms with Crippen LogP contribution in [0.25, 0.3) is 6.08 Å². The van der Waals surface area contributed by atoms with Crippen LogP contribution in [0, 0.1) is 6.92 Å². The van der Waals surface area contributed by atoms with Crippen LogP contribution < -0.4 is 14.4 Å². The van der Waals surface area contributed by atoms with Gasteiger partial charge in [0.2, 0.25) is 0 Å². The molecule has 0 spiro atoms. The summed E-state index contributed by atoms with van der Waals surface area (Å²) in [4.78, 5) is 38.6. The fraction of sp³-hybridized carbons (Fsp3) is 0.0417. The van der Waals surface area contributed by atoms with Gasteiger partial charge in [-0.2, -0.15) is 8.42 Å². The summed E-state index contributed by atoms with van der Waals surface area (Å²) in [5, 5.41) is 2.40. The molecule has 0 aliphatic carbocycles. The summed E-state index contributed by atoms with van der Waals surface area (Å²) >= 11 is 5.97. The van der Waals surface area contributed by atoms with Crippen molar-refractivity contribution >= 4 is 51.3 Å². The van der Waals surface area contributed by atoms with Gasteiger partial charge in [0, 0.05) is 10.6 Å². The minimum atomic E-state index is -4.18. The van der Waals surface area contributed by atoms with Crippen LogP contribution in [0.3, 0.4) is 0 Å². The number of nitrogens with zero attached hydrogens (tertiary/aromatic N) is 1. The number of urea groups is 1. The van der Waals surface area contributed by atoms with Crippen molar-refractivity contribution < 1.29 is 27.0 Å². The van der Waals surface area contributed by atoms with E-state index < -0.39 is 28.0 Å².